The molecule has 0 aliphatic heterocycles. The molecule has 1 amide bonds. The van der Waals surface area contributed by atoms with Crippen LogP contribution in [-0.4, -0.2) is 37.9 Å². The third-order valence-corrected chi connectivity index (χ3v) is 5.42. The maximum atomic E-state index is 12.2. The molecule has 2 atom stereocenters. The Morgan fingerprint density at radius 3 is 2.88 bits per heavy atom. The molecule has 1 heterocycles. The molecule has 0 spiro atoms. The largest absolute Gasteiger partial charge is 0.352 e. The van der Waals surface area contributed by atoms with E-state index in [1.54, 1.807) is 4.68 Å². The molecule has 1 N–H and O–H groups in total. The van der Waals surface area contributed by atoms with Crippen molar-refractivity contribution in [2.75, 3.05) is 5.75 Å². The molecule has 6 nitrogen and oxygen atoms in total. The molecule has 0 saturated heterocycles. The van der Waals surface area contributed by atoms with Crippen LogP contribution in [0.3, 0.4) is 0 Å². The summed E-state index contributed by atoms with van der Waals surface area (Å²) in [5.41, 5.74) is 1.13. The first-order chi connectivity index (χ1) is 11.7. The minimum atomic E-state index is 0.0630. The molecule has 1 aliphatic rings. The average molecular weight is 345 g/mol. The summed E-state index contributed by atoms with van der Waals surface area (Å²) in [4.78, 5) is 12.2. The number of thioether (sulfide) groups is 1. The van der Waals surface area contributed by atoms with E-state index in [1.165, 1.54) is 31.0 Å². The summed E-state index contributed by atoms with van der Waals surface area (Å²) in [6.07, 6.45) is 4.77. The van der Waals surface area contributed by atoms with Crippen molar-refractivity contribution in [2.24, 2.45) is 5.92 Å². The van der Waals surface area contributed by atoms with Crippen LogP contribution in [0.15, 0.2) is 35.5 Å². The number of hydrogen-bond acceptors (Lipinski definition) is 5. The maximum absolute atomic E-state index is 12.2. The van der Waals surface area contributed by atoms with Crippen LogP contribution in [0.25, 0.3) is 0 Å². The van der Waals surface area contributed by atoms with E-state index < -0.39 is 0 Å². The number of hydrogen-bond donors (Lipinski definition) is 1. The third kappa shape index (κ3) is 4.56. The van der Waals surface area contributed by atoms with Crippen LogP contribution < -0.4 is 5.32 Å². The topological polar surface area (TPSA) is 72.7 Å². The van der Waals surface area contributed by atoms with Crippen LogP contribution in [-0.2, 0) is 11.3 Å². The Morgan fingerprint density at radius 2 is 2.08 bits per heavy atom. The molecule has 2 aromatic rings. The van der Waals surface area contributed by atoms with Gasteiger partial charge in [-0.1, -0.05) is 61.9 Å². The molecule has 0 bridgehead atoms. The van der Waals surface area contributed by atoms with Crippen LogP contribution in [0.4, 0.5) is 0 Å². The van der Waals surface area contributed by atoms with Crippen molar-refractivity contribution in [3.8, 4) is 0 Å². The summed E-state index contributed by atoms with van der Waals surface area (Å²) in [6.45, 7) is 2.83. The van der Waals surface area contributed by atoms with E-state index in [0.29, 0.717) is 29.4 Å². The van der Waals surface area contributed by atoms with Gasteiger partial charge in [0.2, 0.25) is 11.1 Å². The minimum absolute atomic E-state index is 0.0630. The van der Waals surface area contributed by atoms with Gasteiger partial charge in [-0.15, -0.1) is 5.10 Å². The number of carbonyl (C=O) groups excluding carboxylic acids is 1. The van der Waals surface area contributed by atoms with Crippen molar-refractivity contribution in [3.63, 3.8) is 0 Å². The molecule has 1 saturated carbocycles. The van der Waals surface area contributed by atoms with Gasteiger partial charge in [-0.05, 0) is 34.7 Å². The fourth-order valence-electron chi connectivity index (χ4n) is 3.06. The van der Waals surface area contributed by atoms with Crippen molar-refractivity contribution < 1.29 is 4.79 Å². The predicted molar refractivity (Wildman–Crippen MR) is 93.6 cm³/mol. The summed E-state index contributed by atoms with van der Waals surface area (Å²) in [5.74, 6) is 0.974. The second kappa shape index (κ2) is 8.28. The summed E-state index contributed by atoms with van der Waals surface area (Å²) in [7, 11) is 0. The van der Waals surface area contributed by atoms with Gasteiger partial charge in [0.25, 0.3) is 0 Å². The fraction of sp³-hybridized carbons (Fsp3) is 0.529. The van der Waals surface area contributed by atoms with E-state index in [4.69, 9.17) is 0 Å². The first-order valence-electron chi connectivity index (χ1n) is 8.44. The van der Waals surface area contributed by atoms with Gasteiger partial charge in [0, 0.05) is 6.04 Å². The SMILES string of the molecule is C[C@H]1CCCC[C@@H]1NC(=O)CSc1nnnn1Cc1ccccc1. The van der Waals surface area contributed by atoms with Crippen LogP contribution in [0.2, 0.25) is 0 Å². The van der Waals surface area contributed by atoms with Gasteiger partial charge >= 0.3 is 0 Å². The lowest BCUT2D eigenvalue weighted by molar-refractivity contribution is -0.119. The number of nitrogens with zero attached hydrogens (tertiary/aromatic N) is 4. The summed E-state index contributed by atoms with van der Waals surface area (Å²) < 4.78 is 1.73. The average Bonchev–Trinajstić information content (AvgIpc) is 3.03. The van der Waals surface area contributed by atoms with Crippen LogP contribution in [0.1, 0.15) is 38.2 Å². The molecule has 24 heavy (non-hydrogen) atoms. The fourth-order valence-corrected chi connectivity index (χ4v) is 3.75. The van der Waals surface area contributed by atoms with Crippen molar-refractivity contribution in [1.29, 1.82) is 0 Å². The summed E-state index contributed by atoms with van der Waals surface area (Å²) in [6, 6.07) is 10.3. The molecule has 1 aromatic heterocycles. The highest BCUT2D eigenvalue weighted by Gasteiger charge is 2.23. The highest BCUT2D eigenvalue weighted by molar-refractivity contribution is 7.99. The standard InChI is InChI=1S/C17H23N5OS/c1-13-7-5-6-10-15(13)18-16(23)12-24-17-19-20-21-22(17)11-14-8-3-2-4-9-14/h2-4,8-9,13,15H,5-7,10-12H2,1H3,(H,18,23)/t13-,15-/m0/s1. The lowest BCUT2D eigenvalue weighted by Gasteiger charge is -2.29. The predicted octanol–water partition coefficient (Wildman–Crippen LogP) is 2.51. The Kier molecular flexibility index (Phi) is 5.85. The smallest absolute Gasteiger partial charge is 0.230 e. The third-order valence-electron chi connectivity index (χ3n) is 4.46. The molecule has 1 aromatic carbocycles. The van der Waals surface area contributed by atoms with Crippen molar-refractivity contribution in [3.05, 3.63) is 35.9 Å². The first kappa shape index (κ1) is 17.0. The molecular weight excluding hydrogens is 322 g/mol. The van der Waals surface area contributed by atoms with E-state index in [2.05, 4.69) is 27.8 Å². The molecule has 1 aliphatic carbocycles. The van der Waals surface area contributed by atoms with Crippen molar-refractivity contribution >= 4 is 17.7 Å². The highest BCUT2D eigenvalue weighted by Crippen LogP contribution is 2.24. The van der Waals surface area contributed by atoms with Gasteiger partial charge in [0.1, 0.15) is 0 Å². The van der Waals surface area contributed by atoms with Crippen LogP contribution >= 0.6 is 11.8 Å². The number of tetrazole rings is 1. The van der Waals surface area contributed by atoms with E-state index in [9.17, 15) is 4.79 Å². The minimum Gasteiger partial charge on any atom is -0.352 e. The number of nitrogens with one attached hydrogen (secondary N) is 1. The normalized spacial score (nSPS) is 20.7. The van der Waals surface area contributed by atoms with Crippen molar-refractivity contribution in [2.45, 2.75) is 50.4 Å². The highest BCUT2D eigenvalue weighted by atomic mass is 32.2. The zero-order chi connectivity index (χ0) is 16.8. The van der Waals surface area contributed by atoms with E-state index in [0.717, 1.165) is 12.0 Å². The Labute approximate surface area is 146 Å². The Bertz CT molecular complexity index is 660. The molecule has 7 heteroatoms. The Balaban J connectivity index is 1.51. The van der Waals surface area contributed by atoms with Crippen LogP contribution in [0, 0.1) is 5.92 Å². The molecule has 128 valence electrons. The van der Waals surface area contributed by atoms with E-state index >= 15 is 0 Å². The summed E-state index contributed by atoms with van der Waals surface area (Å²) >= 11 is 1.39. The number of benzene rings is 1. The lowest BCUT2D eigenvalue weighted by Crippen LogP contribution is -2.41. The molecule has 0 radical (unpaired) electrons. The number of carbonyl (C=O) groups is 1. The van der Waals surface area contributed by atoms with Gasteiger partial charge < -0.3 is 5.32 Å². The number of amides is 1. The molecule has 1 fully saturated rings. The first-order valence-corrected chi connectivity index (χ1v) is 9.43. The molecule has 0 unspecified atom stereocenters. The second-order valence-corrected chi connectivity index (χ2v) is 7.27. The lowest BCUT2D eigenvalue weighted by atomic mass is 9.86. The van der Waals surface area contributed by atoms with Gasteiger partial charge in [-0.2, -0.15) is 0 Å². The van der Waals surface area contributed by atoms with Gasteiger partial charge in [-0.25, -0.2) is 4.68 Å². The quantitative estimate of drug-likeness (QED) is 0.815. The van der Waals surface area contributed by atoms with E-state index in [1.807, 2.05) is 30.3 Å². The molecular formula is C17H23N5OS. The number of rotatable bonds is 6. The second-order valence-electron chi connectivity index (χ2n) is 6.33. The maximum Gasteiger partial charge on any atom is 0.230 e. The number of aromatic nitrogens is 4. The van der Waals surface area contributed by atoms with Gasteiger partial charge in [-0.3, -0.25) is 4.79 Å². The Morgan fingerprint density at radius 1 is 1.29 bits per heavy atom. The van der Waals surface area contributed by atoms with Gasteiger partial charge in [0.05, 0.1) is 12.3 Å². The molecule has 3 rings (SSSR count). The van der Waals surface area contributed by atoms with Gasteiger partial charge in [0.15, 0.2) is 0 Å². The van der Waals surface area contributed by atoms with Crippen molar-refractivity contribution in [1.82, 2.24) is 25.5 Å². The van der Waals surface area contributed by atoms with Crippen LogP contribution in [0.5, 0.6) is 0 Å². The zero-order valence-corrected chi connectivity index (χ0v) is 14.7. The summed E-state index contributed by atoms with van der Waals surface area (Å²) in [5, 5.41) is 15.6. The van der Waals surface area contributed by atoms with E-state index in [-0.39, 0.29) is 5.91 Å². The zero-order valence-electron chi connectivity index (χ0n) is 13.9. The Hall–Kier alpha value is -1.89. The monoisotopic (exact) mass is 345 g/mol.